The second-order valence-corrected chi connectivity index (χ2v) is 8.94. The van der Waals surface area contributed by atoms with Gasteiger partial charge in [0.15, 0.2) is 5.96 Å². The second kappa shape index (κ2) is 10.6. The van der Waals surface area contributed by atoms with E-state index in [1.54, 1.807) is 0 Å². The first-order valence-corrected chi connectivity index (χ1v) is 11.5. The van der Waals surface area contributed by atoms with Gasteiger partial charge in [-0.3, -0.25) is 9.89 Å². The molecule has 7 nitrogen and oxygen atoms in total. The molecule has 152 valence electrons. The van der Waals surface area contributed by atoms with Crippen molar-refractivity contribution in [2.75, 3.05) is 39.0 Å². The number of sulfonamides is 1. The standard InChI is InChI=1S/C19H33N5O2S/c1-4-20-19(21-10-11-22-27(3,25)26)23-18-8-12-24(13-9-18)15-17-7-5-6-16(2)14-17/h5-7,14,18,22H,4,8-13,15H2,1-3H3,(H2,20,21,23). The molecule has 1 aromatic carbocycles. The van der Waals surface area contributed by atoms with Crippen LogP contribution in [0.25, 0.3) is 0 Å². The average Bonchev–Trinajstić information content (AvgIpc) is 2.60. The minimum absolute atomic E-state index is 0.310. The fraction of sp³-hybridized carbons (Fsp3) is 0.632. The number of likely N-dealkylation sites (tertiary alicyclic amines) is 1. The Balaban J connectivity index is 1.77. The molecule has 0 bridgehead atoms. The molecule has 0 aliphatic carbocycles. The van der Waals surface area contributed by atoms with E-state index < -0.39 is 10.0 Å². The maximum Gasteiger partial charge on any atom is 0.208 e. The number of piperidine rings is 1. The van der Waals surface area contributed by atoms with Crippen LogP contribution in [0.5, 0.6) is 0 Å². The smallest absolute Gasteiger partial charge is 0.208 e. The van der Waals surface area contributed by atoms with E-state index in [1.807, 2.05) is 6.92 Å². The van der Waals surface area contributed by atoms with Gasteiger partial charge < -0.3 is 10.6 Å². The SMILES string of the molecule is CCNC(=NCCNS(C)(=O)=O)NC1CCN(Cc2cccc(C)c2)CC1. The van der Waals surface area contributed by atoms with Crippen molar-refractivity contribution in [3.8, 4) is 0 Å². The van der Waals surface area contributed by atoms with Crippen molar-refractivity contribution in [3.05, 3.63) is 35.4 Å². The molecule has 0 aromatic heterocycles. The molecule has 0 unspecified atom stereocenters. The van der Waals surface area contributed by atoms with Crippen LogP contribution in [0.2, 0.25) is 0 Å². The molecule has 2 rings (SSSR count). The highest BCUT2D eigenvalue weighted by atomic mass is 32.2. The van der Waals surface area contributed by atoms with E-state index in [9.17, 15) is 8.42 Å². The van der Waals surface area contributed by atoms with Gasteiger partial charge in [0.2, 0.25) is 10.0 Å². The third-order valence-corrected chi connectivity index (χ3v) is 5.24. The van der Waals surface area contributed by atoms with E-state index in [-0.39, 0.29) is 0 Å². The molecular formula is C19H33N5O2S. The first kappa shape index (κ1) is 21.7. The van der Waals surface area contributed by atoms with Gasteiger partial charge in [0.1, 0.15) is 0 Å². The lowest BCUT2D eigenvalue weighted by Gasteiger charge is -2.33. The van der Waals surface area contributed by atoms with Crippen molar-refractivity contribution >= 4 is 16.0 Å². The minimum atomic E-state index is -3.16. The molecule has 0 spiro atoms. The van der Waals surface area contributed by atoms with Gasteiger partial charge in [-0.25, -0.2) is 13.1 Å². The third-order valence-electron chi connectivity index (χ3n) is 4.51. The number of benzene rings is 1. The highest BCUT2D eigenvalue weighted by Gasteiger charge is 2.20. The van der Waals surface area contributed by atoms with Crippen LogP contribution in [-0.4, -0.2) is 64.3 Å². The fourth-order valence-corrected chi connectivity index (χ4v) is 3.68. The quantitative estimate of drug-likeness (QED) is 0.348. The van der Waals surface area contributed by atoms with Crippen LogP contribution in [0.4, 0.5) is 0 Å². The number of aliphatic imine (C=N–C) groups is 1. The zero-order valence-corrected chi connectivity index (χ0v) is 17.5. The molecule has 1 fully saturated rings. The third kappa shape index (κ3) is 8.73. The largest absolute Gasteiger partial charge is 0.357 e. The Morgan fingerprint density at radius 1 is 1.30 bits per heavy atom. The van der Waals surface area contributed by atoms with E-state index in [0.717, 1.165) is 51.2 Å². The summed E-state index contributed by atoms with van der Waals surface area (Å²) in [5.41, 5.74) is 2.68. The monoisotopic (exact) mass is 395 g/mol. The van der Waals surface area contributed by atoms with Gasteiger partial charge >= 0.3 is 0 Å². The predicted molar refractivity (Wildman–Crippen MR) is 111 cm³/mol. The molecule has 8 heteroatoms. The maximum atomic E-state index is 11.1. The van der Waals surface area contributed by atoms with Crippen LogP contribution < -0.4 is 15.4 Å². The van der Waals surface area contributed by atoms with E-state index in [1.165, 1.54) is 11.1 Å². The van der Waals surface area contributed by atoms with Crippen molar-refractivity contribution in [2.45, 2.75) is 39.3 Å². The van der Waals surface area contributed by atoms with E-state index >= 15 is 0 Å². The van der Waals surface area contributed by atoms with Gasteiger partial charge in [0.05, 0.1) is 12.8 Å². The normalized spacial score (nSPS) is 17.1. The van der Waals surface area contributed by atoms with Gasteiger partial charge in [-0.15, -0.1) is 0 Å². The van der Waals surface area contributed by atoms with Gasteiger partial charge in [-0.05, 0) is 32.3 Å². The van der Waals surface area contributed by atoms with Crippen molar-refractivity contribution in [1.82, 2.24) is 20.3 Å². The zero-order valence-electron chi connectivity index (χ0n) is 16.7. The molecular weight excluding hydrogens is 362 g/mol. The molecule has 0 radical (unpaired) electrons. The van der Waals surface area contributed by atoms with E-state index in [4.69, 9.17) is 0 Å². The van der Waals surface area contributed by atoms with Crippen LogP contribution in [0.1, 0.15) is 30.9 Å². The Hall–Kier alpha value is -1.64. The van der Waals surface area contributed by atoms with Crippen LogP contribution in [0, 0.1) is 6.92 Å². The summed E-state index contributed by atoms with van der Waals surface area (Å²) in [4.78, 5) is 6.95. The fourth-order valence-electron chi connectivity index (χ4n) is 3.22. The molecule has 0 atom stereocenters. The van der Waals surface area contributed by atoms with Gasteiger partial charge in [-0.2, -0.15) is 0 Å². The summed E-state index contributed by atoms with van der Waals surface area (Å²) in [7, 11) is -3.16. The summed E-state index contributed by atoms with van der Waals surface area (Å²) in [6, 6.07) is 9.09. The van der Waals surface area contributed by atoms with Gasteiger partial charge in [0.25, 0.3) is 0 Å². The summed E-state index contributed by atoms with van der Waals surface area (Å²) < 4.78 is 24.7. The van der Waals surface area contributed by atoms with Gasteiger partial charge in [0, 0.05) is 38.8 Å². The molecule has 1 aliphatic heterocycles. The topological polar surface area (TPSA) is 85.8 Å². The van der Waals surface area contributed by atoms with Crippen molar-refractivity contribution < 1.29 is 8.42 Å². The number of aryl methyl sites for hydroxylation is 1. The molecule has 1 aliphatic rings. The second-order valence-electron chi connectivity index (χ2n) is 7.11. The molecule has 1 saturated heterocycles. The average molecular weight is 396 g/mol. The van der Waals surface area contributed by atoms with Crippen molar-refractivity contribution in [2.24, 2.45) is 4.99 Å². The van der Waals surface area contributed by atoms with Crippen LogP contribution in [0.3, 0.4) is 0 Å². The van der Waals surface area contributed by atoms with E-state index in [2.05, 4.69) is 56.4 Å². The molecule has 27 heavy (non-hydrogen) atoms. The molecule has 1 aromatic rings. The summed E-state index contributed by atoms with van der Waals surface area (Å²) in [5.74, 6) is 0.755. The maximum absolute atomic E-state index is 11.1. The number of rotatable bonds is 8. The van der Waals surface area contributed by atoms with Crippen molar-refractivity contribution in [3.63, 3.8) is 0 Å². The highest BCUT2D eigenvalue weighted by molar-refractivity contribution is 7.88. The minimum Gasteiger partial charge on any atom is -0.357 e. The Morgan fingerprint density at radius 2 is 2.04 bits per heavy atom. The molecule has 3 N–H and O–H groups in total. The summed E-state index contributed by atoms with van der Waals surface area (Å²) >= 11 is 0. The van der Waals surface area contributed by atoms with E-state index in [0.29, 0.717) is 19.1 Å². The molecule has 0 saturated carbocycles. The lowest BCUT2D eigenvalue weighted by atomic mass is 10.0. The van der Waals surface area contributed by atoms with Crippen LogP contribution >= 0.6 is 0 Å². The molecule has 1 heterocycles. The lowest BCUT2D eigenvalue weighted by molar-refractivity contribution is 0.198. The number of hydrogen-bond acceptors (Lipinski definition) is 4. The predicted octanol–water partition coefficient (Wildman–Crippen LogP) is 1.06. The number of guanidine groups is 1. The van der Waals surface area contributed by atoms with Gasteiger partial charge in [-0.1, -0.05) is 29.8 Å². The van der Waals surface area contributed by atoms with Crippen LogP contribution in [0.15, 0.2) is 29.3 Å². The summed E-state index contributed by atoms with van der Waals surface area (Å²) in [5, 5.41) is 6.72. The number of nitrogens with zero attached hydrogens (tertiary/aromatic N) is 2. The lowest BCUT2D eigenvalue weighted by Crippen LogP contribution is -2.48. The zero-order chi connectivity index (χ0) is 19.7. The Morgan fingerprint density at radius 3 is 2.67 bits per heavy atom. The van der Waals surface area contributed by atoms with Crippen LogP contribution in [-0.2, 0) is 16.6 Å². The Kier molecular flexibility index (Phi) is 8.53. The summed E-state index contributed by atoms with van der Waals surface area (Å²) in [6.45, 7) is 8.76. The Labute approximate surface area is 163 Å². The number of hydrogen-bond donors (Lipinski definition) is 3. The van der Waals surface area contributed by atoms with Crippen molar-refractivity contribution in [1.29, 1.82) is 0 Å². The number of nitrogens with one attached hydrogen (secondary N) is 3. The Bertz CT molecular complexity index is 713. The highest BCUT2D eigenvalue weighted by Crippen LogP contribution is 2.14. The summed E-state index contributed by atoms with van der Waals surface area (Å²) in [6.07, 6.45) is 3.29. The molecule has 0 amide bonds. The first-order chi connectivity index (χ1) is 12.9. The first-order valence-electron chi connectivity index (χ1n) is 9.63.